The van der Waals surface area contributed by atoms with E-state index in [-0.39, 0.29) is 11.7 Å². The van der Waals surface area contributed by atoms with Gasteiger partial charge in [0.1, 0.15) is 5.75 Å². The zero-order chi connectivity index (χ0) is 13.7. The summed E-state index contributed by atoms with van der Waals surface area (Å²) < 4.78 is 5.77. The minimum Gasteiger partial charge on any atom is -0.497 e. The van der Waals surface area contributed by atoms with Crippen molar-refractivity contribution in [2.45, 2.75) is 6.92 Å². The Morgan fingerprint density at radius 1 is 1.61 bits per heavy atom. The van der Waals surface area contributed by atoms with Gasteiger partial charge in [-0.15, -0.1) is 0 Å². The highest BCUT2D eigenvalue weighted by molar-refractivity contribution is 9.10. The topological polar surface area (TPSA) is 96.9 Å². The van der Waals surface area contributed by atoms with Crippen LogP contribution in [0.25, 0.3) is 0 Å². The second kappa shape index (κ2) is 6.25. The predicted molar refractivity (Wildman–Crippen MR) is 71.9 cm³/mol. The van der Waals surface area contributed by atoms with Gasteiger partial charge in [-0.1, -0.05) is 5.16 Å². The number of oxime groups is 1. The lowest BCUT2D eigenvalue weighted by Crippen LogP contribution is -2.32. The fraction of sp³-hybridized carbons (Fsp3) is 0.273. The Balaban J connectivity index is 2.87. The number of amidine groups is 1. The summed E-state index contributed by atoms with van der Waals surface area (Å²) in [5, 5.41) is 14.0. The van der Waals surface area contributed by atoms with E-state index in [0.717, 1.165) is 0 Å². The van der Waals surface area contributed by atoms with Crippen molar-refractivity contribution in [2.24, 2.45) is 16.8 Å². The molecular weight excluding hydrogens is 302 g/mol. The molecule has 0 aliphatic rings. The van der Waals surface area contributed by atoms with Crippen molar-refractivity contribution in [3.8, 4) is 5.75 Å². The molecule has 0 bridgehead atoms. The molecule has 0 aliphatic carbocycles. The van der Waals surface area contributed by atoms with Gasteiger partial charge < -0.3 is 21.0 Å². The van der Waals surface area contributed by atoms with E-state index in [2.05, 4.69) is 26.4 Å². The van der Waals surface area contributed by atoms with E-state index in [0.29, 0.717) is 15.9 Å². The van der Waals surface area contributed by atoms with Crippen molar-refractivity contribution in [1.29, 1.82) is 0 Å². The van der Waals surface area contributed by atoms with E-state index in [1.54, 1.807) is 25.1 Å². The highest BCUT2D eigenvalue weighted by Gasteiger charge is 2.18. The molecule has 0 aromatic heterocycles. The third-order valence-electron chi connectivity index (χ3n) is 2.38. The van der Waals surface area contributed by atoms with Gasteiger partial charge >= 0.3 is 0 Å². The molecule has 0 fully saturated rings. The fourth-order valence-corrected chi connectivity index (χ4v) is 1.53. The van der Waals surface area contributed by atoms with Crippen LogP contribution >= 0.6 is 15.9 Å². The lowest BCUT2D eigenvalue weighted by atomic mass is 10.1. The number of nitrogens with two attached hydrogens (primary N) is 1. The molecule has 0 spiro atoms. The van der Waals surface area contributed by atoms with E-state index >= 15 is 0 Å². The normalized spacial score (nSPS) is 12.9. The maximum absolute atomic E-state index is 11.8. The maximum Gasteiger partial charge on any atom is 0.234 e. The van der Waals surface area contributed by atoms with Gasteiger partial charge in [0, 0.05) is 10.5 Å². The van der Waals surface area contributed by atoms with Crippen molar-refractivity contribution in [2.75, 3.05) is 12.4 Å². The number of halogens is 1. The quantitative estimate of drug-likeness (QED) is 0.341. The number of benzene rings is 1. The number of carbonyl (C=O) groups excluding carboxylic acids is 1. The fourth-order valence-electron chi connectivity index (χ4n) is 1.19. The highest BCUT2D eigenvalue weighted by Crippen LogP contribution is 2.27. The maximum atomic E-state index is 11.8. The van der Waals surface area contributed by atoms with Crippen LogP contribution in [-0.2, 0) is 4.79 Å². The Morgan fingerprint density at radius 2 is 2.28 bits per heavy atom. The first-order valence-electron chi connectivity index (χ1n) is 5.11. The minimum atomic E-state index is -0.729. The van der Waals surface area contributed by atoms with Crippen LogP contribution in [0.5, 0.6) is 5.75 Å². The van der Waals surface area contributed by atoms with Gasteiger partial charge in [-0.25, -0.2) is 0 Å². The molecule has 1 unspecified atom stereocenters. The first-order valence-corrected chi connectivity index (χ1v) is 5.90. The summed E-state index contributed by atoms with van der Waals surface area (Å²) in [6.45, 7) is 1.54. The zero-order valence-corrected chi connectivity index (χ0v) is 11.6. The lowest BCUT2D eigenvalue weighted by Gasteiger charge is -2.12. The Morgan fingerprint density at radius 3 is 2.83 bits per heavy atom. The number of anilines is 1. The summed E-state index contributed by atoms with van der Waals surface area (Å²) >= 11 is 3.31. The van der Waals surface area contributed by atoms with Gasteiger partial charge in [-0.3, -0.25) is 4.79 Å². The number of methoxy groups -OCH3 is 1. The molecule has 0 radical (unpaired) electrons. The Bertz CT molecular complexity index is 477. The molecule has 4 N–H and O–H groups in total. The van der Waals surface area contributed by atoms with Crippen molar-refractivity contribution >= 4 is 33.4 Å². The van der Waals surface area contributed by atoms with Crippen LogP contribution in [0.15, 0.2) is 27.8 Å². The molecule has 1 rings (SSSR count). The standard InChI is InChI=1S/C11H14BrN3O3/c1-6(10(13)15-17)11(16)14-9-5-7(18-2)3-4-8(9)12/h3-6,17H,1-2H3,(H2,13,15)(H,14,16). The molecule has 1 atom stereocenters. The van der Waals surface area contributed by atoms with Crippen molar-refractivity contribution in [1.82, 2.24) is 0 Å². The van der Waals surface area contributed by atoms with Gasteiger partial charge in [0.05, 0.1) is 18.7 Å². The molecule has 0 heterocycles. The Hall–Kier alpha value is -1.76. The first-order chi connectivity index (χ1) is 8.49. The molecule has 0 aliphatic heterocycles. The number of ether oxygens (including phenoxy) is 1. The summed E-state index contributed by atoms with van der Waals surface area (Å²) in [5.74, 6) is -0.635. The average Bonchev–Trinajstić information content (AvgIpc) is 2.39. The summed E-state index contributed by atoms with van der Waals surface area (Å²) in [4.78, 5) is 11.8. The predicted octanol–water partition coefficient (Wildman–Crippen LogP) is 1.78. The smallest absolute Gasteiger partial charge is 0.234 e. The van der Waals surface area contributed by atoms with Crippen LogP contribution in [0.1, 0.15) is 6.92 Å². The molecular formula is C11H14BrN3O3. The molecule has 0 saturated heterocycles. The zero-order valence-electron chi connectivity index (χ0n) is 9.98. The Kier molecular flexibility index (Phi) is 4.96. The summed E-state index contributed by atoms with van der Waals surface area (Å²) in [5.41, 5.74) is 5.92. The number of amides is 1. The third kappa shape index (κ3) is 3.36. The highest BCUT2D eigenvalue weighted by atomic mass is 79.9. The van der Waals surface area contributed by atoms with Gasteiger partial charge in [0.25, 0.3) is 0 Å². The van der Waals surface area contributed by atoms with Crippen molar-refractivity contribution < 1.29 is 14.7 Å². The van der Waals surface area contributed by atoms with Crippen LogP contribution < -0.4 is 15.8 Å². The van der Waals surface area contributed by atoms with Crippen molar-refractivity contribution in [3.63, 3.8) is 0 Å². The molecule has 0 saturated carbocycles. The van der Waals surface area contributed by atoms with E-state index in [9.17, 15) is 4.79 Å². The molecule has 1 aromatic carbocycles. The number of rotatable bonds is 4. The van der Waals surface area contributed by atoms with E-state index in [1.165, 1.54) is 7.11 Å². The van der Waals surface area contributed by atoms with E-state index in [1.807, 2.05) is 0 Å². The number of hydrogen-bond acceptors (Lipinski definition) is 4. The lowest BCUT2D eigenvalue weighted by molar-refractivity contribution is -0.117. The van der Waals surface area contributed by atoms with Gasteiger partial charge in [0.15, 0.2) is 5.84 Å². The van der Waals surface area contributed by atoms with E-state index < -0.39 is 5.92 Å². The van der Waals surface area contributed by atoms with Crippen LogP contribution in [0.3, 0.4) is 0 Å². The number of hydrogen-bond donors (Lipinski definition) is 3. The van der Waals surface area contributed by atoms with Gasteiger partial charge in [0.2, 0.25) is 5.91 Å². The second-order valence-corrected chi connectivity index (χ2v) is 4.44. The monoisotopic (exact) mass is 315 g/mol. The van der Waals surface area contributed by atoms with Crippen LogP contribution in [0.2, 0.25) is 0 Å². The van der Waals surface area contributed by atoms with E-state index in [4.69, 9.17) is 15.7 Å². The minimum absolute atomic E-state index is 0.147. The number of carbonyl (C=O) groups is 1. The van der Waals surface area contributed by atoms with Crippen molar-refractivity contribution in [3.05, 3.63) is 22.7 Å². The molecule has 7 heteroatoms. The number of nitrogens with one attached hydrogen (secondary N) is 1. The molecule has 98 valence electrons. The first kappa shape index (κ1) is 14.3. The van der Waals surface area contributed by atoms with Gasteiger partial charge in [-0.05, 0) is 35.0 Å². The molecule has 1 amide bonds. The molecule has 6 nitrogen and oxygen atoms in total. The van der Waals surface area contributed by atoms with Crippen LogP contribution in [0.4, 0.5) is 5.69 Å². The SMILES string of the molecule is COc1ccc(Br)c(NC(=O)C(C)C(N)=NO)c1. The second-order valence-electron chi connectivity index (χ2n) is 3.58. The summed E-state index contributed by atoms with van der Waals surface area (Å²) in [7, 11) is 1.54. The summed E-state index contributed by atoms with van der Waals surface area (Å²) in [6, 6.07) is 5.18. The average molecular weight is 316 g/mol. The molecule has 18 heavy (non-hydrogen) atoms. The number of nitrogens with zero attached hydrogens (tertiary/aromatic N) is 1. The largest absolute Gasteiger partial charge is 0.497 e. The van der Waals surface area contributed by atoms with Gasteiger partial charge in [-0.2, -0.15) is 0 Å². The molecule has 1 aromatic rings. The summed E-state index contributed by atoms with van der Waals surface area (Å²) in [6.07, 6.45) is 0. The Labute approximate surface area is 113 Å². The van der Waals surface area contributed by atoms with Crippen LogP contribution in [0, 0.1) is 5.92 Å². The third-order valence-corrected chi connectivity index (χ3v) is 3.08. The van der Waals surface area contributed by atoms with Crippen LogP contribution in [-0.4, -0.2) is 24.1 Å².